The van der Waals surface area contributed by atoms with E-state index in [1.54, 1.807) is 23.1 Å². The van der Waals surface area contributed by atoms with Crippen molar-refractivity contribution in [2.45, 2.75) is 12.4 Å². The van der Waals surface area contributed by atoms with E-state index in [0.29, 0.717) is 12.4 Å². The molecular formula is C20H18ClNO2S2. The van der Waals surface area contributed by atoms with Crippen molar-refractivity contribution in [3.63, 3.8) is 0 Å². The average Bonchev–Trinajstić information content (AvgIpc) is 3.07. The Labute approximate surface area is 166 Å². The van der Waals surface area contributed by atoms with Crippen molar-refractivity contribution in [1.82, 2.24) is 0 Å². The van der Waals surface area contributed by atoms with Crippen molar-refractivity contribution in [3.8, 4) is 5.75 Å². The summed E-state index contributed by atoms with van der Waals surface area (Å²) >= 11 is 9.02. The summed E-state index contributed by atoms with van der Waals surface area (Å²) in [4.78, 5) is 13.2. The van der Waals surface area contributed by atoms with Crippen LogP contribution >= 0.6 is 34.7 Å². The summed E-state index contributed by atoms with van der Waals surface area (Å²) < 4.78 is 6.52. The topological polar surface area (TPSA) is 38.3 Å². The molecule has 0 spiro atoms. The SMILES string of the molecule is O=C(CSCc1ccc(Cl)s1)Nc1ccc(OCc2ccccc2)cc1. The quantitative estimate of drug-likeness (QED) is 0.512. The minimum atomic E-state index is -0.0180. The second-order valence-electron chi connectivity index (χ2n) is 5.55. The Bertz CT molecular complexity index is 835. The fraction of sp³-hybridized carbons (Fsp3) is 0.150. The molecule has 1 amide bonds. The van der Waals surface area contributed by atoms with Crippen LogP contribution < -0.4 is 10.1 Å². The molecule has 2 aromatic carbocycles. The van der Waals surface area contributed by atoms with Crippen LogP contribution in [-0.2, 0) is 17.2 Å². The number of thiophene rings is 1. The molecule has 3 rings (SSSR count). The van der Waals surface area contributed by atoms with Gasteiger partial charge in [0.05, 0.1) is 10.1 Å². The summed E-state index contributed by atoms with van der Waals surface area (Å²) in [5, 5.41) is 2.90. The first-order valence-corrected chi connectivity index (χ1v) is 10.4. The first-order valence-electron chi connectivity index (χ1n) is 8.07. The second-order valence-corrected chi connectivity index (χ2v) is 8.33. The van der Waals surface area contributed by atoms with E-state index in [-0.39, 0.29) is 5.91 Å². The lowest BCUT2D eigenvalue weighted by Crippen LogP contribution is -2.14. The van der Waals surface area contributed by atoms with Gasteiger partial charge < -0.3 is 10.1 Å². The lowest BCUT2D eigenvalue weighted by molar-refractivity contribution is -0.113. The summed E-state index contributed by atoms with van der Waals surface area (Å²) in [6, 6.07) is 21.3. The zero-order valence-corrected chi connectivity index (χ0v) is 16.4. The third-order valence-corrected chi connectivity index (χ3v) is 5.89. The van der Waals surface area contributed by atoms with Crippen LogP contribution in [0, 0.1) is 0 Å². The third kappa shape index (κ3) is 6.09. The summed E-state index contributed by atoms with van der Waals surface area (Å²) in [5.74, 6) is 1.95. The second kappa shape index (κ2) is 9.67. The van der Waals surface area contributed by atoms with E-state index >= 15 is 0 Å². The number of halogens is 1. The first-order chi connectivity index (χ1) is 12.7. The number of benzene rings is 2. The maximum atomic E-state index is 12.0. The molecule has 6 heteroatoms. The smallest absolute Gasteiger partial charge is 0.234 e. The van der Waals surface area contributed by atoms with E-state index in [9.17, 15) is 4.79 Å². The van der Waals surface area contributed by atoms with E-state index in [1.165, 1.54) is 4.88 Å². The third-order valence-electron chi connectivity index (χ3n) is 3.49. The molecule has 1 heterocycles. The molecule has 0 unspecified atom stereocenters. The molecule has 0 saturated carbocycles. The Morgan fingerprint density at radius 3 is 2.50 bits per heavy atom. The van der Waals surface area contributed by atoms with Gasteiger partial charge in [0.1, 0.15) is 12.4 Å². The van der Waals surface area contributed by atoms with Crippen LogP contribution in [0.4, 0.5) is 5.69 Å². The number of nitrogens with one attached hydrogen (secondary N) is 1. The number of thioether (sulfide) groups is 1. The lowest BCUT2D eigenvalue weighted by atomic mass is 10.2. The number of rotatable bonds is 8. The van der Waals surface area contributed by atoms with Crippen LogP contribution in [0.3, 0.4) is 0 Å². The number of hydrogen-bond donors (Lipinski definition) is 1. The maximum Gasteiger partial charge on any atom is 0.234 e. The van der Waals surface area contributed by atoms with Crippen LogP contribution in [0.1, 0.15) is 10.4 Å². The van der Waals surface area contributed by atoms with Crippen molar-refractivity contribution >= 4 is 46.3 Å². The maximum absolute atomic E-state index is 12.0. The average molecular weight is 404 g/mol. The lowest BCUT2D eigenvalue weighted by Gasteiger charge is -2.08. The fourth-order valence-corrected chi connectivity index (χ4v) is 4.27. The molecule has 1 N–H and O–H groups in total. The van der Waals surface area contributed by atoms with Gasteiger partial charge in [0.25, 0.3) is 0 Å². The largest absolute Gasteiger partial charge is 0.489 e. The van der Waals surface area contributed by atoms with E-state index in [4.69, 9.17) is 16.3 Å². The molecule has 0 aliphatic rings. The van der Waals surface area contributed by atoms with Crippen molar-refractivity contribution < 1.29 is 9.53 Å². The fourth-order valence-electron chi connectivity index (χ4n) is 2.25. The van der Waals surface area contributed by atoms with E-state index in [1.807, 2.05) is 66.7 Å². The standard InChI is InChI=1S/C20H18ClNO2S2/c21-19-11-10-18(26-19)13-25-14-20(23)22-16-6-8-17(9-7-16)24-12-15-4-2-1-3-5-15/h1-11H,12-14H2,(H,22,23). The Balaban J connectivity index is 1.41. The highest BCUT2D eigenvalue weighted by Gasteiger charge is 2.05. The molecule has 0 saturated heterocycles. The normalized spacial score (nSPS) is 10.5. The number of carbonyl (C=O) groups is 1. The van der Waals surface area contributed by atoms with E-state index in [2.05, 4.69) is 5.32 Å². The van der Waals surface area contributed by atoms with Gasteiger partial charge in [-0.05, 0) is 42.0 Å². The summed E-state index contributed by atoms with van der Waals surface area (Å²) in [5.41, 5.74) is 1.88. The number of hydrogen-bond acceptors (Lipinski definition) is 4. The van der Waals surface area contributed by atoms with Gasteiger partial charge in [0.15, 0.2) is 0 Å². The molecule has 3 nitrogen and oxygen atoms in total. The summed E-state index contributed by atoms with van der Waals surface area (Å²) in [6.07, 6.45) is 0. The van der Waals surface area contributed by atoms with E-state index in [0.717, 1.165) is 27.1 Å². The number of ether oxygens (including phenoxy) is 1. The van der Waals surface area contributed by atoms with Crippen LogP contribution in [-0.4, -0.2) is 11.7 Å². The van der Waals surface area contributed by atoms with Crippen molar-refractivity contribution in [1.29, 1.82) is 0 Å². The van der Waals surface area contributed by atoms with Crippen LogP contribution in [0.5, 0.6) is 5.75 Å². The predicted octanol–water partition coefficient (Wildman–Crippen LogP) is 5.85. The highest BCUT2D eigenvalue weighted by atomic mass is 35.5. The minimum Gasteiger partial charge on any atom is -0.489 e. The number of amides is 1. The van der Waals surface area contributed by atoms with Gasteiger partial charge in [-0.1, -0.05) is 41.9 Å². The van der Waals surface area contributed by atoms with Gasteiger partial charge in [-0.2, -0.15) is 0 Å². The monoisotopic (exact) mass is 403 g/mol. The van der Waals surface area contributed by atoms with Crippen LogP contribution in [0.25, 0.3) is 0 Å². The zero-order chi connectivity index (χ0) is 18.2. The van der Waals surface area contributed by atoms with Crippen molar-refractivity contribution in [2.75, 3.05) is 11.1 Å². The Morgan fingerprint density at radius 2 is 1.81 bits per heavy atom. The Hall–Kier alpha value is -1.95. The number of anilines is 1. The molecule has 0 bridgehead atoms. The van der Waals surface area contributed by atoms with Gasteiger partial charge in [-0.3, -0.25) is 4.79 Å². The molecule has 0 radical (unpaired) electrons. The molecular weight excluding hydrogens is 386 g/mol. The van der Waals surface area contributed by atoms with Crippen molar-refractivity contribution in [3.05, 3.63) is 81.5 Å². The molecule has 0 atom stereocenters. The molecule has 3 aromatic rings. The molecule has 0 fully saturated rings. The molecule has 134 valence electrons. The summed E-state index contributed by atoms with van der Waals surface area (Å²) in [7, 11) is 0. The molecule has 0 aliphatic heterocycles. The van der Waals surface area contributed by atoms with Crippen LogP contribution in [0.2, 0.25) is 4.34 Å². The predicted molar refractivity (Wildman–Crippen MR) is 111 cm³/mol. The molecule has 0 aliphatic carbocycles. The van der Waals surface area contributed by atoms with Gasteiger partial charge in [-0.25, -0.2) is 0 Å². The Morgan fingerprint density at radius 1 is 1.04 bits per heavy atom. The van der Waals surface area contributed by atoms with Crippen molar-refractivity contribution in [2.24, 2.45) is 0 Å². The van der Waals surface area contributed by atoms with Gasteiger partial charge in [0, 0.05) is 16.3 Å². The van der Waals surface area contributed by atoms with Gasteiger partial charge >= 0.3 is 0 Å². The number of carbonyl (C=O) groups excluding carboxylic acids is 1. The highest BCUT2D eigenvalue weighted by Crippen LogP contribution is 2.25. The van der Waals surface area contributed by atoms with Gasteiger partial charge in [0.2, 0.25) is 5.91 Å². The highest BCUT2D eigenvalue weighted by molar-refractivity contribution is 7.99. The Kier molecular flexibility index (Phi) is 7.00. The minimum absolute atomic E-state index is 0.0180. The summed E-state index contributed by atoms with van der Waals surface area (Å²) in [6.45, 7) is 0.524. The zero-order valence-electron chi connectivity index (χ0n) is 14.0. The van der Waals surface area contributed by atoms with Crippen LogP contribution in [0.15, 0.2) is 66.7 Å². The molecule has 1 aromatic heterocycles. The van der Waals surface area contributed by atoms with E-state index < -0.39 is 0 Å². The van der Waals surface area contributed by atoms with Gasteiger partial charge in [-0.15, -0.1) is 23.1 Å². The molecule has 26 heavy (non-hydrogen) atoms. The first kappa shape index (κ1) is 18.8.